The third kappa shape index (κ3) is 5.83. The fourth-order valence-electron chi connectivity index (χ4n) is 0.365. The van der Waals surface area contributed by atoms with E-state index in [9.17, 15) is 0 Å². The zero-order valence-corrected chi connectivity index (χ0v) is 6.65. The smallest absolute Gasteiger partial charge is 0.0289 e. The minimum absolute atomic E-state index is 0.440. The van der Waals surface area contributed by atoms with Gasteiger partial charge in [-0.15, -0.1) is 0 Å². The average molecular weight is 149 g/mol. The lowest BCUT2D eigenvalue weighted by atomic mass is 10.4. The molecule has 9 heavy (non-hydrogen) atoms. The van der Waals surface area contributed by atoms with Crippen molar-refractivity contribution in [2.75, 3.05) is 27.2 Å². The summed E-state index contributed by atoms with van der Waals surface area (Å²) in [6.45, 7) is 1.30. The average Bonchev–Trinajstić information content (AvgIpc) is 1.83. The Morgan fingerprint density at radius 3 is 2.56 bits per heavy atom. The lowest BCUT2D eigenvalue weighted by Crippen LogP contribution is -2.11. The van der Waals surface area contributed by atoms with E-state index >= 15 is 0 Å². The van der Waals surface area contributed by atoms with E-state index in [0.29, 0.717) is 6.54 Å². The fourth-order valence-corrected chi connectivity index (χ4v) is 0.434. The number of nitrogens with two attached hydrogens (primary N) is 1. The molecule has 0 amide bonds. The highest BCUT2D eigenvalue weighted by molar-refractivity contribution is 6.29. The van der Waals surface area contributed by atoms with Gasteiger partial charge in [-0.3, -0.25) is 0 Å². The van der Waals surface area contributed by atoms with Gasteiger partial charge in [0.2, 0.25) is 0 Å². The molecule has 0 atom stereocenters. The molecule has 3 heteroatoms. The van der Waals surface area contributed by atoms with Gasteiger partial charge in [-0.05, 0) is 14.1 Å². The monoisotopic (exact) mass is 148 g/mol. The second-order valence-electron chi connectivity index (χ2n) is 2.12. The molecular weight excluding hydrogens is 136 g/mol. The van der Waals surface area contributed by atoms with Crippen molar-refractivity contribution in [3.8, 4) is 0 Å². The van der Waals surface area contributed by atoms with Crippen LogP contribution in [0.4, 0.5) is 0 Å². The van der Waals surface area contributed by atoms with E-state index in [4.69, 9.17) is 17.3 Å². The van der Waals surface area contributed by atoms with E-state index in [0.717, 1.165) is 11.6 Å². The van der Waals surface area contributed by atoms with Crippen LogP contribution < -0.4 is 5.73 Å². The summed E-state index contributed by atoms with van der Waals surface area (Å²) in [5.41, 5.74) is 5.24. The van der Waals surface area contributed by atoms with Crippen molar-refractivity contribution >= 4 is 11.6 Å². The first-order valence-corrected chi connectivity index (χ1v) is 3.24. The van der Waals surface area contributed by atoms with Crippen LogP contribution in [0.5, 0.6) is 0 Å². The molecule has 0 unspecified atom stereocenters. The molecule has 0 aromatic carbocycles. The first kappa shape index (κ1) is 8.95. The summed E-state index contributed by atoms with van der Waals surface area (Å²) in [5.74, 6) is 0. The summed E-state index contributed by atoms with van der Waals surface area (Å²) in [6.07, 6.45) is 1.90. The quantitative estimate of drug-likeness (QED) is 0.636. The summed E-state index contributed by atoms with van der Waals surface area (Å²) in [6, 6.07) is 0. The van der Waals surface area contributed by atoms with Crippen LogP contribution >= 0.6 is 11.6 Å². The van der Waals surface area contributed by atoms with Crippen LogP contribution in [0.3, 0.4) is 0 Å². The van der Waals surface area contributed by atoms with Crippen molar-refractivity contribution in [1.82, 2.24) is 4.90 Å². The Morgan fingerprint density at radius 1 is 1.67 bits per heavy atom. The maximum Gasteiger partial charge on any atom is 0.0289 e. The van der Waals surface area contributed by atoms with E-state index < -0.39 is 0 Å². The molecule has 54 valence electrons. The zero-order chi connectivity index (χ0) is 7.28. The van der Waals surface area contributed by atoms with Crippen molar-refractivity contribution in [2.45, 2.75) is 0 Å². The molecule has 0 saturated heterocycles. The molecule has 0 aliphatic heterocycles. The van der Waals surface area contributed by atoms with Crippen LogP contribution in [0.1, 0.15) is 0 Å². The molecule has 0 radical (unpaired) electrons. The zero-order valence-electron chi connectivity index (χ0n) is 5.89. The van der Waals surface area contributed by atoms with Gasteiger partial charge < -0.3 is 10.6 Å². The van der Waals surface area contributed by atoms with E-state index in [-0.39, 0.29) is 0 Å². The van der Waals surface area contributed by atoms with E-state index in [1.165, 1.54) is 0 Å². The van der Waals surface area contributed by atoms with Gasteiger partial charge in [0, 0.05) is 18.1 Å². The molecule has 0 aliphatic rings. The van der Waals surface area contributed by atoms with Gasteiger partial charge in [0.1, 0.15) is 0 Å². The summed E-state index contributed by atoms with van der Waals surface area (Å²) < 4.78 is 0. The maximum atomic E-state index is 5.62. The molecule has 0 spiro atoms. The van der Waals surface area contributed by atoms with Gasteiger partial charge in [-0.2, -0.15) is 0 Å². The Morgan fingerprint density at radius 2 is 2.22 bits per heavy atom. The Balaban J connectivity index is 3.43. The minimum Gasteiger partial charge on any atom is -0.326 e. The molecule has 2 nitrogen and oxygen atoms in total. The van der Waals surface area contributed by atoms with Crippen molar-refractivity contribution in [3.63, 3.8) is 0 Å². The largest absolute Gasteiger partial charge is 0.326 e. The molecular formula is C6H13ClN2. The number of halogens is 1. The third-order valence-electron chi connectivity index (χ3n) is 0.873. The third-order valence-corrected chi connectivity index (χ3v) is 1.18. The van der Waals surface area contributed by atoms with E-state index in [1.54, 1.807) is 0 Å². The summed E-state index contributed by atoms with van der Waals surface area (Å²) in [4.78, 5) is 2.03. The molecule has 2 N–H and O–H groups in total. The van der Waals surface area contributed by atoms with Crippen molar-refractivity contribution in [2.24, 2.45) is 5.73 Å². The standard InChI is InChI=1S/C6H13ClN2/c1-9(2)4-3-6(7)5-8/h3H,4-5,8H2,1-2H3/b6-3-. The van der Waals surface area contributed by atoms with Crippen LogP contribution in [-0.4, -0.2) is 32.1 Å². The summed E-state index contributed by atoms with van der Waals surface area (Å²) in [7, 11) is 3.97. The summed E-state index contributed by atoms with van der Waals surface area (Å²) >= 11 is 5.62. The van der Waals surface area contributed by atoms with E-state index in [2.05, 4.69) is 0 Å². The Hall–Kier alpha value is -0.0500. The highest BCUT2D eigenvalue weighted by Gasteiger charge is 1.87. The van der Waals surface area contributed by atoms with Crippen molar-refractivity contribution < 1.29 is 0 Å². The second-order valence-corrected chi connectivity index (χ2v) is 2.60. The highest BCUT2D eigenvalue weighted by atomic mass is 35.5. The topological polar surface area (TPSA) is 29.3 Å². The second kappa shape index (κ2) is 4.79. The normalized spacial score (nSPS) is 12.8. The molecule has 0 saturated carbocycles. The molecule has 0 aromatic heterocycles. The van der Waals surface area contributed by atoms with Crippen molar-refractivity contribution in [3.05, 3.63) is 11.1 Å². The first-order chi connectivity index (χ1) is 4.16. The number of nitrogens with zero attached hydrogens (tertiary/aromatic N) is 1. The molecule has 0 heterocycles. The van der Waals surface area contributed by atoms with Crippen molar-refractivity contribution in [1.29, 1.82) is 0 Å². The van der Waals surface area contributed by atoms with Crippen LogP contribution in [0.25, 0.3) is 0 Å². The SMILES string of the molecule is CN(C)C/C=C(\Cl)CN. The molecule has 0 aromatic rings. The number of likely N-dealkylation sites (N-methyl/N-ethyl adjacent to an activating group) is 1. The predicted molar refractivity (Wildman–Crippen MR) is 41.5 cm³/mol. The van der Waals surface area contributed by atoms with Crippen LogP contribution in [0.15, 0.2) is 11.1 Å². The fraction of sp³-hybridized carbons (Fsp3) is 0.667. The number of rotatable bonds is 3. The summed E-state index contributed by atoms with van der Waals surface area (Å²) in [5, 5.41) is 0.726. The molecule has 0 rings (SSSR count). The van der Waals surface area contributed by atoms with Gasteiger partial charge in [0.25, 0.3) is 0 Å². The van der Waals surface area contributed by atoms with E-state index in [1.807, 2.05) is 25.1 Å². The molecule has 0 fully saturated rings. The lowest BCUT2D eigenvalue weighted by Gasteiger charge is -2.04. The highest BCUT2D eigenvalue weighted by Crippen LogP contribution is 1.96. The lowest BCUT2D eigenvalue weighted by molar-refractivity contribution is 0.456. The van der Waals surface area contributed by atoms with Crippen LogP contribution in [-0.2, 0) is 0 Å². The number of hydrogen-bond acceptors (Lipinski definition) is 2. The Bertz CT molecular complexity index is 99.2. The maximum absolute atomic E-state index is 5.62. The van der Waals surface area contributed by atoms with Gasteiger partial charge in [-0.25, -0.2) is 0 Å². The van der Waals surface area contributed by atoms with Crippen LogP contribution in [0.2, 0.25) is 0 Å². The first-order valence-electron chi connectivity index (χ1n) is 2.86. The minimum atomic E-state index is 0.440. The van der Waals surface area contributed by atoms with Gasteiger partial charge in [0.15, 0.2) is 0 Å². The van der Waals surface area contributed by atoms with Crippen LogP contribution in [0, 0.1) is 0 Å². The van der Waals surface area contributed by atoms with Gasteiger partial charge in [-0.1, -0.05) is 17.7 Å². The van der Waals surface area contributed by atoms with Gasteiger partial charge >= 0.3 is 0 Å². The Kier molecular flexibility index (Phi) is 4.77. The predicted octanol–water partition coefficient (Wildman–Crippen LogP) is 0.629. The van der Waals surface area contributed by atoms with Gasteiger partial charge in [0.05, 0.1) is 0 Å². The number of hydrogen-bond donors (Lipinski definition) is 1. The molecule has 0 bridgehead atoms. The Labute approximate surface area is 61.3 Å². The molecule has 0 aliphatic carbocycles.